The molecule has 0 aliphatic carbocycles. The van der Waals surface area contributed by atoms with E-state index in [1.165, 1.54) is 0 Å². The van der Waals surface area contributed by atoms with E-state index in [1.54, 1.807) is 0 Å². The molecule has 1 N–H and O–H groups in total. The number of piperazine rings is 1. The van der Waals surface area contributed by atoms with Gasteiger partial charge in [0.25, 0.3) is 0 Å². The normalized spacial score (nSPS) is 26.6. The summed E-state index contributed by atoms with van der Waals surface area (Å²) in [5, 5.41) is 2.78. The summed E-state index contributed by atoms with van der Waals surface area (Å²) in [6.45, 7) is 5.70. The van der Waals surface area contributed by atoms with E-state index in [0.29, 0.717) is 25.7 Å². The Hall–Kier alpha value is -0.900. The minimum atomic E-state index is 0.00773. The quantitative estimate of drug-likeness (QED) is 0.609. The maximum absolute atomic E-state index is 11.0. The molecular formula is C9H16N2O2. The Morgan fingerprint density at radius 3 is 3.08 bits per heavy atom. The first-order valence-corrected chi connectivity index (χ1v) is 4.59. The van der Waals surface area contributed by atoms with Crippen LogP contribution in [0.5, 0.6) is 0 Å². The molecule has 13 heavy (non-hydrogen) atoms. The number of amides is 1. The van der Waals surface area contributed by atoms with Crippen molar-refractivity contribution in [3.05, 3.63) is 0 Å². The smallest absolute Gasteiger partial charge is 0.234 e. The summed E-state index contributed by atoms with van der Waals surface area (Å²) in [5.74, 6) is 0.0598. The molecule has 74 valence electrons. The zero-order chi connectivity index (χ0) is 9.84. The maximum Gasteiger partial charge on any atom is 0.234 e. The summed E-state index contributed by atoms with van der Waals surface area (Å²) in [6, 6.07) is 0.333. The molecule has 0 spiro atoms. The highest BCUT2D eigenvalue weighted by atomic mass is 16.2. The summed E-state index contributed by atoms with van der Waals surface area (Å²) in [7, 11) is 0. The molecule has 1 fully saturated rings. The van der Waals surface area contributed by atoms with Gasteiger partial charge in [-0.3, -0.25) is 9.69 Å². The highest BCUT2D eigenvalue weighted by Crippen LogP contribution is 2.05. The summed E-state index contributed by atoms with van der Waals surface area (Å²) in [6.07, 6.45) is 0.930. The van der Waals surface area contributed by atoms with Gasteiger partial charge >= 0.3 is 0 Å². The Kier molecular flexibility index (Phi) is 3.42. The van der Waals surface area contributed by atoms with Gasteiger partial charge in [-0.15, -0.1) is 0 Å². The molecular weight excluding hydrogens is 168 g/mol. The first kappa shape index (κ1) is 10.2. The number of nitrogens with zero attached hydrogens (tertiary/aromatic N) is 1. The number of carbonyl (C=O) groups is 2. The zero-order valence-electron chi connectivity index (χ0n) is 8.12. The number of aldehydes is 1. The molecule has 0 bridgehead atoms. The van der Waals surface area contributed by atoms with Crippen LogP contribution in [-0.2, 0) is 9.59 Å². The van der Waals surface area contributed by atoms with Crippen molar-refractivity contribution in [3.8, 4) is 0 Å². The summed E-state index contributed by atoms with van der Waals surface area (Å²) < 4.78 is 0. The zero-order valence-corrected chi connectivity index (χ0v) is 8.12. The van der Waals surface area contributed by atoms with Crippen molar-refractivity contribution in [2.24, 2.45) is 5.92 Å². The summed E-state index contributed by atoms with van der Waals surface area (Å²) in [5.41, 5.74) is 0. The van der Waals surface area contributed by atoms with Crippen LogP contribution >= 0.6 is 0 Å². The third kappa shape index (κ3) is 2.81. The second-order valence-electron chi connectivity index (χ2n) is 3.70. The van der Waals surface area contributed by atoms with Gasteiger partial charge in [0, 0.05) is 25.0 Å². The maximum atomic E-state index is 11.0. The monoisotopic (exact) mass is 184 g/mol. The van der Waals surface area contributed by atoms with Crippen LogP contribution in [0.1, 0.15) is 13.8 Å². The Bertz CT molecular complexity index is 206. The third-order valence-corrected chi connectivity index (χ3v) is 2.32. The van der Waals surface area contributed by atoms with Gasteiger partial charge in [0.05, 0.1) is 6.54 Å². The second kappa shape index (κ2) is 4.37. The molecule has 1 aliphatic heterocycles. The van der Waals surface area contributed by atoms with Gasteiger partial charge in [-0.25, -0.2) is 0 Å². The van der Waals surface area contributed by atoms with Crippen LogP contribution in [0.15, 0.2) is 0 Å². The van der Waals surface area contributed by atoms with Crippen LogP contribution in [0.4, 0.5) is 0 Å². The predicted molar refractivity (Wildman–Crippen MR) is 49.3 cm³/mol. The lowest BCUT2D eigenvalue weighted by molar-refractivity contribution is -0.126. The van der Waals surface area contributed by atoms with Crippen molar-refractivity contribution < 1.29 is 9.59 Å². The van der Waals surface area contributed by atoms with Gasteiger partial charge in [0.2, 0.25) is 5.91 Å². The molecule has 2 atom stereocenters. The molecule has 2 unspecified atom stereocenters. The molecule has 1 rings (SSSR count). The number of nitrogens with one attached hydrogen (secondary N) is 1. The molecule has 4 nitrogen and oxygen atoms in total. The molecule has 1 aliphatic rings. The van der Waals surface area contributed by atoms with Crippen molar-refractivity contribution in [2.75, 3.05) is 19.6 Å². The average Bonchev–Trinajstić information content (AvgIpc) is 2.11. The van der Waals surface area contributed by atoms with Crippen LogP contribution < -0.4 is 5.32 Å². The predicted octanol–water partition coefficient (Wildman–Crippen LogP) is -0.358. The largest absolute Gasteiger partial charge is 0.353 e. The molecule has 4 heteroatoms. The lowest BCUT2D eigenvalue weighted by atomic mass is 10.1. The van der Waals surface area contributed by atoms with Gasteiger partial charge in [0.1, 0.15) is 6.29 Å². The van der Waals surface area contributed by atoms with E-state index in [4.69, 9.17) is 0 Å². The summed E-state index contributed by atoms with van der Waals surface area (Å²) in [4.78, 5) is 23.5. The Morgan fingerprint density at radius 1 is 1.77 bits per heavy atom. The number of hydrogen-bond donors (Lipinski definition) is 1. The molecule has 1 heterocycles. The van der Waals surface area contributed by atoms with Crippen molar-refractivity contribution in [3.63, 3.8) is 0 Å². The summed E-state index contributed by atoms with van der Waals surface area (Å²) >= 11 is 0. The average molecular weight is 184 g/mol. The van der Waals surface area contributed by atoms with E-state index in [1.807, 2.05) is 11.8 Å². The van der Waals surface area contributed by atoms with Gasteiger partial charge in [-0.2, -0.15) is 0 Å². The van der Waals surface area contributed by atoms with Crippen molar-refractivity contribution >= 4 is 12.2 Å². The number of hydrogen-bond acceptors (Lipinski definition) is 3. The molecule has 1 amide bonds. The van der Waals surface area contributed by atoms with E-state index < -0.39 is 0 Å². The standard InChI is InChI=1S/C9H16N2O2/c1-7(6-12)4-11-5-9(13)10-3-8(11)2/h6-8H,3-5H2,1-2H3,(H,10,13). The Balaban J connectivity index is 2.46. The van der Waals surface area contributed by atoms with Gasteiger partial charge in [-0.05, 0) is 6.92 Å². The Morgan fingerprint density at radius 2 is 2.46 bits per heavy atom. The minimum absolute atomic E-state index is 0.00773. The number of carbonyl (C=O) groups excluding carboxylic acids is 2. The van der Waals surface area contributed by atoms with E-state index in [-0.39, 0.29) is 11.8 Å². The van der Waals surface area contributed by atoms with Crippen LogP contribution in [-0.4, -0.2) is 42.8 Å². The van der Waals surface area contributed by atoms with Gasteiger partial charge in [0.15, 0.2) is 0 Å². The first-order valence-electron chi connectivity index (χ1n) is 4.59. The van der Waals surface area contributed by atoms with Crippen LogP contribution in [0.3, 0.4) is 0 Å². The van der Waals surface area contributed by atoms with Crippen LogP contribution in [0.2, 0.25) is 0 Å². The lowest BCUT2D eigenvalue weighted by Gasteiger charge is -2.33. The van der Waals surface area contributed by atoms with Gasteiger partial charge in [-0.1, -0.05) is 6.92 Å². The molecule has 0 radical (unpaired) electrons. The fourth-order valence-corrected chi connectivity index (χ4v) is 1.44. The lowest BCUT2D eigenvalue weighted by Crippen LogP contribution is -2.54. The van der Waals surface area contributed by atoms with Gasteiger partial charge < -0.3 is 10.1 Å². The van der Waals surface area contributed by atoms with Crippen LogP contribution in [0.25, 0.3) is 0 Å². The third-order valence-electron chi connectivity index (χ3n) is 2.32. The topological polar surface area (TPSA) is 49.4 Å². The first-order chi connectivity index (χ1) is 6.13. The Labute approximate surface area is 78.3 Å². The molecule has 0 aromatic carbocycles. The van der Waals surface area contributed by atoms with E-state index >= 15 is 0 Å². The van der Waals surface area contributed by atoms with E-state index in [9.17, 15) is 9.59 Å². The SMILES string of the molecule is CC(C=O)CN1CC(=O)NCC1C. The molecule has 1 saturated heterocycles. The number of rotatable bonds is 3. The molecule has 0 aromatic rings. The fourth-order valence-electron chi connectivity index (χ4n) is 1.44. The fraction of sp³-hybridized carbons (Fsp3) is 0.778. The highest BCUT2D eigenvalue weighted by Gasteiger charge is 2.23. The minimum Gasteiger partial charge on any atom is -0.353 e. The van der Waals surface area contributed by atoms with E-state index in [0.717, 1.165) is 6.29 Å². The van der Waals surface area contributed by atoms with Crippen molar-refractivity contribution in [1.29, 1.82) is 0 Å². The van der Waals surface area contributed by atoms with E-state index in [2.05, 4.69) is 12.2 Å². The molecule has 0 saturated carbocycles. The molecule has 0 aromatic heterocycles. The van der Waals surface area contributed by atoms with Crippen molar-refractivity contribution in [2.45, 2.75) is 19.9 Å². The second-order valence-corrected chi connectivity index (χ2v) is 3.70. The van der Waals surface area contributed by atoms with Crippen LogP contribution in [0, 0.1) is 5.92 Å². The highest BCUT2D eigenvalue weighted by molar-refractivity contribution is 5.78. The van der Waals surface area contributed by atoms with Crippen molar-refractivity contribution in [1.82, 2.24) is 10.2 Å².